The van der Waals surface area contributed by atoms with E-state index in [1.165, 1.54) is 0 Å². The zero-order valence-corrected chi connectivity index (χ0v) is 11.2. The standard InChI is InChI=1S/C17H19NO2/c19-15-11-16(18-12-15)17(20,13-7-3-1-4-8-13)14-9-5-2-6-10-14/h1-10,15-16,18-20H,11-12H2/t15-,16+/m1/s1. The molecule has 0 bridgehead atoms. The van der Waals surface area contributed by atoms with Crippen LogP contribution in [0.4, 0.5) is 0 Å². The molecule has 2 aromatic carbocycles. The minimum atomic E-state index is -1.12. The van der Waals surface area contributed by atoms with E-state index in [9.17, 15) is 10.2 Å². The number of hydrogen-bond acceptors (Lipinski definition) is 3. The van der Waals surface area contributed by atoms with E-state index >= 15 is 0 Å². The van der Waals surface area contributed by atoms with Crippen molar-refractivity contribution in [1.82, 2.24) is 5.32 Å². The van der Waals surface area contributed by atoms with Crippen molar-refractivity contribution in [2.75, 3.05) is 6.54 Å². The van der Waals surface area contributed by atoms with E-state index < -0.39 is 11.7 Å². The van der Waals surface area contributed by atoms with Gasteiger partial charge in [0, 0.05) is 12.6 Å². The van der Waals surface area contributed by atoms with Gasteiger partial charge < -0.3 is 15.5 Å². The number of rotatable bonds is 3. The molecular formula is C17H19NO2. The fraction of sp³-hybridized carbons (Fsp3) is 0.294. The number of benzene rings is 2. The molecule has 1 heterocycles. The fourth-order valence-corrected chi connectivity index (χ4v) is 2.99. The number of β-amino-alcohol motifs (C(OH)–C–C–N with tert-alkyl or cyclic N) is 1. The van der Waals surface area contributed by atoms with Gasteiger partial charge in [-0.15, -0.1) is 0 Å². The van der Waals surface area contributed by atoms with E-state index in [1.54, 1.807) is 0 Å². The molecule has 0 saturated carbocycles. The van der Waals surface area contributed by atoms with Crippen LogP contribution in [0.3, 0.4) is 0 Å². The average Bonchev–Trinajstić information content (AvgIpc) is 2.95. The summed E-state index contributed by atoms with van der Waals surface area (Å²) in [7, 11) is 0. The molecule has 0 unspecified atom stereocenters. The van der Waals surface area contributed by atoms with Crippen molar-refractivity contribution in [3.63, 3.8) is 0 Å². The van der Waals surface area contributed by atoms with Crippen LogP contribution < -0.4 is 5.32 Å². The van der Waals surface area contributed by atoms with Crippen LogP contribution in [0.15, 0.2) is 60.7 Å². The molecule has 0 aliphatic carbocycles. The maximum atomic E-state index is 11.4. The van der Waals surface area contributed by atoms with Gasteiger partial charge in [-0.25, -0.2) is 0 Å². The monoisotopic (exact) mass is 269 g/mol. The third kappa shape index (κ3) is 2.24. The van der Waals surface area contributed by atoms with Gasteiger partial charge in [0.15, 0.2) is 0 Å². The second kappa shape index (κ2) is 5.37. The Bertz CT molecular complexity index is 516. The minimum Gasteiger partial charge on any atom is -0.392 e. The normalized spacial score (nSPS) is 22.9. The van der Waals surface area contributed by atoms with Crippen LogP contribution in [-0.2, 0) is 5.60 Å². The molecule has 3 N–H and O–H groups in total. The van der Waals surface area contributed by atoms with Crippen molar-refractivity contribution in [2.45, 2.75) is 24.2 Å². The summed E-state index contributed by atoms with van der Waals surface area (Å²) in [5.74, 6) is 0. The van der Waals surface area contributed by atoms with Gasteiger partial charge in [-0.2, -0.15) is 0 Å². The van der Waals surface area contributed by atoms with Crippen LogP contribution in [0.1, 0.15) is 17.5 Å². The van der Waals surface area contributed by atoms with Crippen molar-refractivity contribution in [3.05, 3.63) is 71.8 Å². The highest BCUT2D eigenvalue weighted by atomic mass is 16.3. The number of nitrogens with one attached hydrogen (secondary N) is 1. The van der Waals surface area contributed by atoms with Gasteiger partial charge in [-0.3, -0.25) is 0 Å². The van der Waals surface area contributed by atoms with Crippen molar-refractivity contribution < 1.29 is 10.2 Å². The summed E-state index contributed by atoms with van der Waals surface area (Å²) >= 11 is 0. The molecule has 0 radical (unpaired) electrons. The van der Waals surface area contributed by atoms with E-state index in [0.717, 1.165) is 11.1 Å². The van der Waals surface area contributed by atoms with E-state index in [4.69, 9.17) is 0 Å². The molecule has 3 heteroatoms. The van der Waals surface area contributed by atoms with Gasteiger partial charge in [0.2, 0.25) is 0 Å². The van der Waals surface area contributed by atoms with Crippen LogP contribution in [-0.4, -0.2) is 28.9 Å². The Hall–Kier alpha value is -1.68. The summed E-state index contributed by atoms with van der Waals surface area (Å²) in [6.45, 7) is 0.520. The van der Waals surface area contributed by atoms with E-state index in [1.807, 2.05) is 60.7 Å². The third-order valence-corrected chi connectivity index (χ3v) is 4.04. The molecule has 1 saturated heterocycles. The van der Waals surface area contributed by atoms with Gasteiger partial charge in [0.05, 0.1) is 6.10 Å². The summed E-state index contributed by atoms with van der Waals surface area (Å²) in [5.41, 5.74) is 0.565. The topological polar surface area (TPSA) is 52.5 Å². The van der Waals surface area contributed by atoms with Gasteiger partial charge in [-0.05, 0) is 17.5 Å². The molecule has 1 aliphatic heterocycles. The summed E-state index contributed by atoms with van der Waals surface area (Å²) < 4.78 is 0. The average molecular weight is 269 g/mol. The Morgan fingerprint density at radius 3 is 1.80 bits per heavy atom. The first-order chi connectivity index (χ1) is 9.71. The third-order valence-electron chi connectivity index (χ3n) is 4.04. The molecule has 1 aliphatic rings. The zero-order valence-electron chi connectivity index (χ0n) is 11.2. The smallest absolute Gasteiger partial charge is 0.130 e. The minimum absolute atomic E-state index is 0.192. The van der Waals surface area contributed by atoms with Crippen LogP contribution in [0.5, 0.6) is 0 Å². The van der Waals surface area contributed by atoms with Crippen molar-refractivity contribution in [1.29, 1.82) is 0 Å². The van der Waals surface area contributed by atoms with Crippen molar-refractivity contribution >= 4 is 0 Å². The highest BCUT2D eigenvalue weighted by Crippen LogP contribution is 2.36. The Morgan fingerprint density at radius 2 is 1.40 bits per heavy atom. The second-order valence-electron chi connectivity index (χ2n) is 5.35. The molecule has 2 atom stereocenters. The lowest BCUT2D eigenvalue weighted by atomic mass is 9.79. The van der Waals surface area contributed by atoms with E-state index in [-0.39, 0.29) is 6.04 Å². The number of aliphatic hydroxyl groups excluding tert-OH is 1. The first-order valence-electron chi connectivity index (χ1n) is 6.96. The molecule has 0 aromatic heterocycles. The Kier molecular flexibility index (Phi) is 3.57. The summed E-state index contributed by atoms with van der Waals surface area (Å²) in [6, 6.07) is 19.1. The SMILES string of the molecule is O[C@H]1CN[C@H](C(O)(c2ccccc2)c2ccccc2)C1. The van der Waals surface area contributed by atoms with Crippen LogP contribution in [0, 0.1) is 0 Å². The quantitative estimate of drug-likeness (QED) is 0.794. The van der Waals surface area contributed by atoms with Gasteiger partial charge >= 0.3 is 0 Å². The summed E-state index contributed by atoms with van der Waals surface area (Å²) in [4.78, 5) is 0. The molecule has 3 nitrogen and oxygen atoms in total. The zero-order chi connectivity index (χ0) is 14.0. The predicted molar refractivity (Wildman–Crippen MR) is 78.3 cm³/mol. The molecule has 2 aromatic rings. The van der Waals surface area contributed by atoms with Crippen molar-refractivity contribution in [3.8, 4) is 0 Å². The van der Waals surface area contributed by atoms with Crippen molar-refractivity contribution in [2.24, 2.45) is 0 Å². The fourth-order valence-electron chi connectivity index (χ4n) is 2.99. The molecule has 20 heavy (non-hydrogen) atoms. The molecule has 0 spiro atoms. The molecule has 0 amide bonds. The van der Waals surface area contributed by atoms with Gasteiger partial charge in [-0.1, -0.05) is 60.7 Å². The van der Waals surface area contributed by atoms with E-state index in [0.29, 0.717) is 13.0 Å². The Labute approximate surface area is 118 Å². The maximum absolute atomic E-state index is 11.4. The summed E-state index contributed by atoms with van der Waals surface area (Å²) in [5, 5.41) is 24.4. The highest BCUT2D eigenvalue weighted by molar-refractivity contribution is 5.38. The second-order valence-corrected chi connectivity index (χ2v) is 5.35. The molecular weight excluding hydrogens is 250 g/mol. The van der Waals surface area contributed by atoms with Crippen LogP contribution >= 0.6 is 0 Å². The lowest BCUT2D eigenvalue weighted by molar-refractivity contribution is 0.0395. The predicted octanol–water partition coefficient (Wildman–Crippen LogP) is 1.65. The van der Waals surface area contributed by atoms with Gasteiger partial charge in [0.25, 0.3) is 0 Å². The molecule has 1 fully saturated rings. The molecule has 104 valence electrons. The van der Waals surface area contributed by atoms with Crippen LogP contribution in [0.2, 0.25) is 0 Å². The molecule has 3 rings (SSSR count). The first kappa shape index (κ1) is 13.3. The number of aliphatic hydroxyl groups is 2. The van der Waals surface area contributed by atoms with E-state index in [2.05, 4.69) is 5.32 Å². The Morgan fingerprint density at radius 1 is 0.900 bits per heavy atom. The number of hydrogen-bond donors (Lipinski definition) is 3. The highest BCUT2D eigenvalue weighted by Gasteiger charge is 2.43. The first-order valence-corrected chi connectivity index (χ1v) is 6.96. The largest absolute Gasteiger partial charge is 0.392 e. The maximum Gasteiger partial charge on any atom is 0.130 e. The lowest BCUT2D eigenvalue weighted by Crippen LogP contribution is -2.46. The van der Waals surface area contributed by atoms with Crippen LogP contribution in [0.25, 0.3) is 0 Å². The Balaban J connectivity index is 2.08. The lowest BCUT2D eigenvalue weighted by Gasteiger charge is -2.35. The van der Waals surface area contributed by atoms with Gasteiger partial charge in [0.1, 0.15) is 5.60 Å². The summed E-state index contributed by atoms with van der Waals surface area (Å²) in [6.07, 6.45) is 0.138.